The molecule has 1 atom stereocenters. The van der Waals surface area contributed by atoms with Crippen molar-refractivity contribution >= 4 is 28.3 Å². The Morgan fingerprint density at radius 2 is 1.52 bits per heavy atom. The van der Waals surface area contributed by atoms with Gasteiger partial charge in [-0.05, 0) is 24.3 Å². The lowest BCUT2D eigenvalue weighted by Crippen LogP contribution is -2.28. The van der Waals surface area contributed by atoms with Gasteiger partial charge in [0.1, 0.15) is 12.8 Å². The second-order valence-corrected chi connectivity index (χ2v) is 6.47. The first-order valence-corrected chi connectivity index (χ1v) is 9.14. The number of hydrogen-bond donors (Lipinski definition) is 2. The van der Waals surface area contributed by atoms with Gasteiger partial charge >= 0.3 is 5.71 Å². The van der Waals surface area contributed by atoms with E-state index < -0.39 is 10.1 Å². The van der Waals surface area contributed by atoms with Crippen LogP contribution in [0.5, 0.6) is 0 Å². The monoisotopic (exact) mass is 385 g/mol. The molecular formula is C19H19N3O4S. The van der Waals surface area contributed by atoms with Gasteiger partial charge in [0, 0.05) is 11.8 Å². The number of carbonyl (C=O) groups excluding carboxylic acids is 1. The molecule has 7 nitrogen and oxygen atoms in total. The summed E-state index contributed by atoms with van der Waals surface area (Å²) in [5.41, 5.74) is 10.4. The molecule has 3 rings (SSSR count). The van der Waals surface area contributed by atoms with E-state index in [2.05, 4.69) is 10.1 Å². The molecule has 2 aromatic carbocycles. The summed E-state index contributed by atoms with van der Waals surface area (Å²) in [4.78, 5) is 11.2. The van der Waals surface area contributed by atoms with E-state index in [0.29, 0.717) is 5.71 Å². The van der Waals surface area contributed by atoms with Gasteiger partial charge in [-0.1, -0.05) is 54.6 Å². The Morgan fingerprint density at radius 1 is 0.963 bits per heavy atom. The Hall–Kier alpha value is -3.32. The third-order valence-corrected chi connectivity index (χ3v) is 4.12. The van der Waals surface area contributed by atoms with Crippen molar-refractivity contribution in [1.29, 1.82) is 0 Å². The summed E-state index contributed by atoms with van der Waals surface area (Å²) < 4.78 is 29.2. The van der Waals surface area contributed by atoms with Crippen LogP contribution >= 0.6 is 0 Å². The first-order chi connectivity index (χ1) is 13.0. The predicted molar refractivity (Wildman–Crippen MR) is 104 cm³/mol. The molecule has 0 heterocycles. The summed E-state index contributed by atoms with van der Waals surface area (Å²) in [7, 11) is -4.00. The first-order valence-electron chi connectivity index (χ1n) is 7.70. The molecule has 0 saturated heterocycles. The lowest BCUT2D eigenvalue weighted by Gasteiger charge is -2.12. The molecule has 0 radical (unpaired) electrons. The van der Waals surface area contributed by atoms with Crippen LogP contribution in [0.2, 0.25) is 0 Å². The highest BCUT2D eigenvalue weighted by molar-refractivity contribution is 7.85. The number of hydrogen-bond acceptors (Lipinski definition) is 4. The van der Waals surface area contributed by atoms with Gasteiger partial charge in [-0.2, -0.15) is 13.2 Å². The van der Waals surface area contributed by atoms with Crippen LogP contribution < -0.4 is 5.32 Å². The fraction of sp³-hybridized carbons (Fsp3) is 0.0526. The number of carbonyl (C=O) groups is 1. The van der Waals surface area contributed by atoms with Crippen molar-refractivity contribution < 1.29 is 22.6 Å². The third kappa shape index (κ3) is 7.62. The fourth-order valence-corrected chi connectivity index (χ4v) is 2.56. The highest BCUT2D eigenvalue weighted by Gasteiger charge is 2.19. The van der Waals surface area contributed by atoms with Crippen LogP contribution in [0.25, 0.3) is 5.53 Å². The zero-order chi connectivity index (χ0) is 20.1. The van der Waals surface area contributed by atoms with Gasteiger partial charge in [-0.15, -0.1) is 0 Å². The van der Waals surface area contributed by atoms with Gasteiger partial charge in [0.2, 0.25) is 0 Å². The van der Waals surface area contributed by atoms with E-state index in [1.54, 1.807) is 24.3 Å². The lowest BCUT2D eigenvalue weighted by molar-refractivity contribution is -0.0980. The van der Waals surface area contributed by atoms with Crippen LogP contribution in [-0.2, 0) is 14.9 Å². The second kappa shape index (κ2) is 11.3. The topological polar surface area (TPSA) is 120 Å². The minimum atomic E-state index is -4.00. The maximum absolute atomic E-state index is 10.4. The van der Waals surface area contributed by atoms with E-state index in [0.717, 1.165) is 5.69 Å². The summed E-state index contributed by atoms with van der Waals surface area (Å²) in [6.45, 7) is 2.00. The average molecular weight is 385 g/mol. The SMILES string of the molecule is C=O.O=S(=O)(O)c1ccccc1.[N-]=[N+]=C1C=CC=CC1Nc1ccccc1. The largest absolute Gasteiger partial charge is 0.369 e. The molecule has 8 heteroatoms. The van der Waals surface area contributed by atoms with Gasteiger partial charge in [0.15, 0.2) is 0 Å². The van der Waals surface area contributed by atoms with Gasteiger partial charge in [0.25, 0.3) is 10.1 Å². The van der Waals surface area contributed by atoms with Crippen molar-refractivity contribution in [2.24, 2.45) is 0 Å². The van der Waals surface area contributed by atoms with Crippen molar-refractivity contribution in [2.45, 2.75) is 10.9 Å². The van der Waals surface area contributed by atoms with Crippen LogP contribution in [0.3, 0.4) is 0 Å². The molecule has 27 heavy (non-hydrogen) atoms. The predicted octanol–water partition coefficient (Wildman–Crippen LogP) is 3.01. The van der Waals surface area contributed by atoms with E-state index in [1.807, 2.05) is 55.3 Å². The van der Waals surface area contributed by atoms with Crippen molar-refractivity contribution in [2.75, 3.05) is 5.32 Å². The minimum Gasteiger partial charge on any atom is -0.369 e. The molecular weight excluding hydrogens is 366 g/mol. The third-order valence-electron chi connectivity index (χ3n) is 3.25. The van der Waals surface area contributed by atoms with Crippen molar-refractivity contribution in [1.82, 2.24) is 0 Å². The van der Waals surface area contributed by atoms with E-state index in [1.165, 1.54) is 12.1 Å². The molecule has 0 amide bonds. The molecule has 0 aromatic heterocycles. The smallest absolute Gasteiger partial charge is 0.317 e. The molecule has 0 aliphatic heterocycles. The van der Waals surface area contributed by atoms with Crippen molar-refractivity contribution in [3.8, 4) is 0 Å². The Morgan fingerprint density at radius 3 is 2.00 bits per heavy atom. The van der Waals surface area contributed by atoms with Gasteiger partial charge < -0.3 is 15.6 Å². The number of anilines is 1. The molecule has 0 bridgehead atoms. The molecule has 0 saturated carbocycles. The average Bonchev–Trinajstić information content (AvgIpc) is 2.71. The van der Waals surface area contributed by atoms with Gasteiger partial charge in [-0.3, -0.25) is 4.55 Å². The van der Waals surface area contributed by atoms with Gasteiger partial charge in [-0.25, -0.2) is 0 Å². The zero-order valence-corrected chi connectivity index (χ0v) is 15.2. The summed E-state index contributed by atoms with van der Waals surface area (Å²) in [6.07, 6.45) is 7.50. The Balaban J connectivity index is 0.000000265. The highest BCUT2D eigenvalue weighted by atomic mass is 32.2. The number of nitrogens with one attached hydrogen (secondary N) is 1. The highest BCUT2D eigenvalue weighted by Crippen LogP contribution is 2.10. The van der Waals surface area contributed by atoms with Crippen molar-refractivity contribution in [3.05, 3.63) is 90.5 Å². The minimum absolute atomic E-state index is 0.0672. The van der Waals surface area contributed by atoms with Crippen LogP contribution in [-0.4, -0.2) is 36.3 Å². The quantitative estimate of drug-likeness (QED) is 0.478. The molecule has 140 valence electrons. The van der Waals surface area contributed by atoms with Crippen LogP contribution in [0, 0.1) is 0 Å². The summed E-state index contributed by atoms with van der Waals surface area (Å²) in [5, 5.41) is 3.25. The lowest BCUT2D eigenvalue weighted by atomic mass is 10.1. The van der Waals surface area contributed by atoms with Gasteiger partial charge in [0.05, 0.1) is 4.90 Å². The Kier molecular flexibility index (Phi) is 9.11. The summed E-state index contributed by atoms with van der Waals surface area (Å²) >= 11 is 0. The molecule has 1 aliphatic rings. The molecule has 2 aromatic rings. The number of rotatable bonds is 3. The first kappa shape index (κ1) is 21.7. The van der Waals surface area contributed by atoms with Crippen molar-refractivity contribution in [3.63, 3.8) is 0 Å². The molecule has 1 aliphatic carbocycles. The van der Waals surface area contributed by atoms with Crippen LogP contribution in [0.15, 0.2) is 89.9 Å². The van der Waals surface area contributed by atoms with E-state index in [9.17, 15) is 8.42 Å². The fourth-order valence-electron chi connectivity index (χ4n) is 2.06. The summed E-state index contributed by atoms with van der Waals surface area (Å²) in [6, 6.07) is 17.2. The summed E-state index contributed by atoms with van der Waals surface area (Å²) in [5.74, 6) is 0. The maximum atomic E-state index is 10.4. The van der Waals surface area contributed by atoms with Crippen LogP contribution in [0.1, 0.15) is 0 Å². The normalized spacial score (nSPS) is 14.7. The Labute approximate surface area is 158 Å². The van der Waals surface area contributed by atoms with E-state index in [-0.39, 0.29) is 10.9 Å². The molecule has 1 unspecified atom stereocenters. The number of benzene rings is 2. The number of allylic oxidation sites excluding steroid dienone is 2. The zero-order valence-electron chi connectivity index (χ0n) is 14.3. The maximum Gasteiger partial charge on any atom is 0.317 e. The Bertz CT molecular complexity index is 920. The number of nitrogens with zero attached hydrogens (tertiary/aromatic N) is 2. The standard InChI is InChI=1S/C12H11N3.C6H6O3S.CH2O/c13-15-12-9-5-4-8-11(12)14-10-6-2-1-3-7-10;7-10(8,9)6-4-2-1-3-5-6;1-2/h1-9,11,14H;1-5H,(H,7,8,9);1H2. The number of para-hydroxylation sites is 1. The van der Waals surface area contributed by atoms with E-state index in [4.69, 9.17) is 14.9 Å². The second-order valence-electron chi connectivity index (χ2n) is 5.05. The van der Waals surface area contributed by atoms with Crippen LogP contribution in [0.4, 0.5) is 5.69 Å². The molecule has 0 spiro atoms. The molecule has 2 N–H and O–H groups in total. The molecule has 0 fully saturated rings. The van der Waals surface area contributed by atoms with E-state index >= 15 is 0 Å².